The summed E-state index contributed by atoms with van der Waals surface area (Å²) < 4.78 is 13.2. The molecule has 1 aromatic heterocycles. The Balaban J connectivity index is 2.03. The molecule has 5 heteroatoms. The minimum atomic E-state index is -0.465. The van der Waals surface area contributed by atoms with E-state index in [4.69, 9.17) is 11.6 Å². The number of phenols is 1. The van der Waals surface area contributed by atoms with Crippen molar-refractivity contribution in [3.8, 4) is 28.3 Å². The number of nitrogens with zero attached hydrogens (tertiary/aromatic N) is 1. The molecule has 0 fully saturated rings. The molecular formula is C16H12ClFN2O. The van der Waals surface area contributed by atoms with Crippen molar-refractivity contribution in [3.05, 3.63) is 58.9 Å². The molecule has 0 amide bonds. The first-order valence-corrected chi connectivity index (χ1v) is 6.73. The van der Waals surface area contributed by atoms with Gasteiger partial charge in [0, 0.05) is 11.1 Å². The molecule has 0 unspecified atom stereocenters. The molecule has 0 aliphatic heterocycles. The molecular weight excluding hydrogens is 291 g/mol. The molecule has 3 rings (SSSR count). The van der Waals surface area contributed by atoms with E-state index < -0.39 is 5.82 Å². The van der Waals surface area contributed by atoms with E-state index in [2.05, 4.69) is 10.2 Å². The van der Waals surface area contributed by atoms with Crippen LogP contribution in [0, 0.1) is 12.7 Å². The minimum absolute atomic E-state index is 0.0513. The quantitative estimate of drug-likeness (QED) is 0.729. The number of aromatic hydroxyl groups is 1. The second-order valence-corrected chi connectivity index (χ2v) is 5.22. The maximum Gasteiger partial charge on any atom is 0.141 e. The molecule has 2 N–H and O–H groups in total. The first kappa shape index (κ1) is 13.6. The van der Waals surface area contributed by atoms with Crippen LogP contribution >= 0.6 is 11.6 Å². The predicted octanol–water partition coefficient (Wildman–Crippen LogP) is 4.55. The van der Waals surface area contributed by atoms with Crippen molar-refractivity contribution < 1.29 is 9.50 Å². The molecule has 0 radical (unpaired) electrons. The highest BCUT2D eigenvalue weighted by Crippen LogP contribution is 2.31. The zero-order valence-corrected chi connectivity index (χ0v) is 11.9. The number of halogens is 2. The van der Waals surface area contributed by atoms with Gasteiger partial charge in [-0.05, 0) is 43.3 Å². The molecule has 0 bridgehead atoms. The zero-order chi connectivity index (χ0) is 15.0. The van der Waals surface area contributed by atoms with Gasteiger partial charge in [-0.15, -0.1) is 0 Å². The van der Waals surface area contributed by atoms with Gasteiger partial charge in [0.1, 0.15) is 11.6 Å². The minimum Gasteiger partial charge on any atom is -0.507 e. The van der Waals surface area contributed by atoms with Crippen LogP contribution in [0.1, 0.15) is 5.56 Å². The Labute approximate surface area is 126 Å². The van der Waals surface area contributed by atoms with Gasteiger partial charge in [-0.2, -0.15) is 5.10 Å². The Hall–Kier alpha value is -2.33. The lowest BCUT2D eigenvalue weighted by Gasteiger charge is -2.02. The maximum atomic E-state index is 13.2. The molecule has 0 spiro atoms. The molecule has 106 valence electrons. The van der Waals surface area contributed by atoms with Crippen LogP contribution in [0.5, 0.6) is 5.75 Å². The summed E-state index contributed by atoms with van der Waals surface area (Å²) in [6, 6.07) is 11.6. The number of benzene rings is 2. The van der Waals surface area contributed by atoms with Crippen LogP contribution in [-0.2, 0) is 0 Å². The van der Waals surface area contributed by atoms with Crippen molar-refractivity contribution in [2.75, 3.05) is 0 Å². The zero-order valence-electron chi connectivity index (χ0n) is 11.2. The molecule has 0 saturated carbocycles. The van der Waals surface area contributed by atoms with Gasteiger partial charge in [0.2, 0.25) is 0 Å². The van der Waals surface area contributed by atoms with E-state index in [0.29, 0.717) is 22.5 Å². The van der Waals surface area contributed by atoms with Crippen LogP contribution < -0.4 is 0 Å². The van der Waals surface area contributed by atoms with Crippen molar-refractivity contribution in [2.24, 2.45) is 0 Å². The van der Waals surface area contributed by atoms with E-state index in [1.165, 1.54) is 12.1 Å². The Morgan fingerprint density at radius 3 is 2.71 bits per heavy atom. The summed E-state index contributed by atoms with van der Waals surface area (Å²) in [4.78, 5) is 0. The van der Waals surface area contributed by atoms with E-state index in [0.717, 1.165) is 5.56 Å². The standard InChI is InChI=1S/C16H12ClFN2O/c1-9-2-5-16(21)11(6-9)15-8-14(19-20-15)10-3-4-13(18)12(17)7-10/h2-8,21H,1H3,(H,19,20). The van der Waals surface area contributed by atoms with Crippen molar-refractivity contribution in [1.82, 2.24) is 10.2 Å². The molecule has 2 aromatic carbocycles. The summed E-state index contributed by atoms with van der Waals surface area (Å²) in [6.07, 6.45) is 0. The van der Waals surface area contributed by atoms with Crippen molar-refractivity contribution in [2.45, 2.75) is 6.92 Å². The average molecular weight is 303 g/mol. The number of hydrogen-bond acceptors (Lipinski definition) is 2. The van der Waals surface area contributed by atoms with Gasteiger partial charge >= 0.3 is 0 Å². The molecule has 21 heavy (non-hydrogen) atoms. The Bertz CT molecular complexity index is 814. The lowest BCUT2D eigenvalue weighted by atomic mass is 10.1. The molecule has 3 nitrogen and oxygen atoms in total. The smallest absolute Gasteiger partial charge is 0.141 e. The van der Waals surface area contributed by atoms with Gasteiger partial charge in [-0.3, -0.25) is 5.10 Å². The Kier molecular flexibility index (Phi) is 3.39. The summed E-state index contributed by atoms with van der Waals surface area (Å²) in [7, 11) is 0. The van der Waals surface area contributed by atoms with E-state index in [-0.39, 0.29) is 10.8 Å². The number of H-pyrrole nitrogens is 1. The van der Waals surface area contributed by atoms with Gasteiger partial charge in [-0.25, -0.2) is 4.39 Å². The summed E-state index contributed by atoms with van der Waals surface area (Å²) in [5.41, 5.74) is 3.72. The third-order valence-corrected chi connectivity index (χ3v) is 3.53. The van der Waals surface area contributed by atoms with Crippen LogP contribution in [0.25, 0.3) is 22.5 Å². The predicted molar refractivity (Wildman–Crippen MR) is 80.8 cm³/mol. The lowest BCUT2D eigenvalue weighted by molar-refractivity contribution is 0.477. The topological polar surface area (TPSA) is 48.9 Å². The van der Waals surface area contributed by atoms with Gasteiger partial charge < -0.3 is 5.11 Å². The largest absolute Gasteiger partial charge is 0.507 e. The van der Waals surface area contributed by atoms with Gasteiger partial charge in [0.25, 0.3) is 0 Å². The number of hydrogen-bond donors (Lipinski definition) is 2. The highest BCUT2D eigenvalue weighted by Gasteiger charge is 2.11. The van der Waals surface area contributed by atoms with Crippen LogP contribution in [0.15, 0.2) is 42.5 Å². The monoisotopic (exact) mass is 302 g/mol. The molecule has 0 aliphatic carbocycles. The summed E-state index contributed by atoms with van der Waals surface area (Å²) in [6.45, 7) is 1.94. The normalized spacial score (nSPS) is 10.8. The SMILES string of the molecule is Cc1ccc(O)c(-c2cc(-c3ccc(F)c(Cl)c3)n[nH]2)c1. The third kappa shape index (κ3) is 2.62. The van der Waals surface area contributed by atoms with E-state index >= 15 is 0 Å². The number of aryl methyl sites for hydroxylation is 1. The maximum absolute atomic E-state index is 13.2. The third-order valence-electron chi connectivity index (χ3n) is 3.24. The van der Waals surface area contributed by atoms with E-state index in [9.17, 15) is 9.50 Å². The summed E-state index contributed by atoms with van der Waals surface area (Å²) in [5, 5.41) is 17.0. The van der Waals surface area contributed by atoms with Gasteiger partial charge in [0.05, 0.1) is 16.4 Å². The van der Waals surface area contributed by atoms with Gasteiger partial charge in [0.15, 0.2) is 0 Å². The molecule has 0 aliphatic rings. The van der Waals surface area contributed by atoms with Crippen molar-refractivity contribution in [1.29, 1.82) is 0 Å². The fraction of sp³-hybridized carbons (Fsp3) is 0.0625. The fourth-order valence-electron chi connectivity index (χ4n) is 2.13. The number of aromatic nitrogens is 2. The van der Waals surface area contributed by atoms with E-state index in [1.807, 2.05) is 19.1 Å². The average Bonchev–Trinajstić information content (AvgIpc) is 2.94. The Morgan fingerprint density at radius 2 is 1.95 bits per heavy atom. The van der Waals surface area contributed by atoms with Crippen molar-refractivity contribution >= 4 is 11.6 Å². The van der Waals surface area contributed by atoms with Crippen LogP contribution in [0.4, 0.5) is 4.39 Å². The van der Waals surface area contributed by atoms with Crippen molar-refractivity contribution in [3.63, 3.8) is 0 Å². The fourth-order valence-corrected chi connectivity index (χ4v) is 2.31. The molecule has 1 heterocycles. The van der Waals surface area contributed by atoms with Gasteiger partial charge in [-0.1, -0.05) is 23.2 Å². The summed E-state index contributed by atoms with van der Waals surface area (Å²) in [5.74, 6) is -0.291. The number of phenolic OH excluding ortho intramolecular Hbond substituents is 1. The van der Waals surface area contributed by atoms with Crippen LogP contribution in [0.2, 0.25) is 5.02 Å². The highest BCUT2D eigenvalue weighted by atomic mass is 35.5. The highest BCUT2D eigenvalue weighted by molar-refractivity contribution is 6.31. The first-order chi connectivity index (χ1) is 10.0. The Morgan fingerprint density at radius 1 is 1.14 bits per heavy atom. The van der Waals surface area contributed by atoms with Crippen LogP contribution in [0.3, 0.4) is 0 Å². The first-order valence-electron chi connectivity index (χ1n) is 6.35. The number of nitrogens with one attached hydrogen (secondary N) is 1. The molecule has 0 atom stereocenters. The summed E-state index contributed by atoms with van der Waals surface area (Å²) >= 11 is 5.78. The second-order valence-electron chi connectivity index (χ2n) is 4.82. The lowest BCUT2D eigenvalue weighted by Crippen LogP contribution is -1.81. The van der Waals surface area contributed by atoms with Crippen LogP contribution in [-0.4, -0.2) is 15.3 Å². The molecule has 0 saturated heterocycles. The number of rotatable bonds is 2. The van der Waals surface area contributed by atoms with E-state index in [1.54, 1.807) is 18.2 Å². The number of aromatic amines is 1. The molecule has 3 aromatic rings. The second kappa shape index (κ2) is 5.22.